The number of nitrogens with one attached hydrogen (secondary N) is 2. The molecule has 128 valence electrons. The van der Waals surface area contributed by atoms with Crippen LogP contribution >= 0.6 is 24.4 Å². The molecule has 0 spiro atoms. The molecule has 1 aliphatic rings. The smallest absolute Gasteiger partial charge is 0.259 e. The van der Waals surface area contributed by atoms with E-state index in [1.165, 1.54) is 0 Å². The van der Waals surface area contributed by atoms with Gasteiger partial charge in [0.25, 0.3) is 5.91 Å². The van der Waals surface area contributed by atoms with E-state index >= 15 is 0 Å². The Morgan fingerprint density at radius 1 is 1.54 bits per heavy atom. The first kappa shape index (κ1) is 17.2. The molecule has 8 heteroatoms. The van der Waals surface area contributed by atoms with Crippen LogP contribution < -0.4 is 10.2 Å². The van der Waals surface area contributed by atoms with Crippen LogP contribution in [0.1, 0.15) is 18.9 Å². The van der Waals surface area contributed by atoms with Crippen LogP contribution in [-0.4, -0.2) is 45.0 Å². The van der Waals surface area contributed by atoms with Crippen molar-refractivity contribution in [3.8, 4) is 0 Å². The van der Waals surface area contributed by atoms with Gasteiger partial charge in [0.05, 0.1) is 10.3 Å². The molecule has 1 aliphatic heterocycles. The summed E-state index contributed by atoms with van der Waals surface area (Å²) in [5.41, 5.74) is 1.91. The van der Waals surface area contributed by atoms with Crippen LogP contribution in [0.3, 0.4) is 0 Å². The van der Waals surface area contributed by atoms with Gasteiger partial charge in [0.1, 0.15) is 17.8 Å². The third kappa shape index (κ3) is 3.54. The van der Waals surface area contributed by atoms with Crippen LogP contribution in [0, 0.1) is 6.92 Å². The second-order valence-electron chi connectivity index (χ2n) is 5.70. The normalized spacial score (nSPS) is 16.1. The first-order valence-electron chi connectivity index (χ1n) is 7.96. The highest BCUT2D eigenvalue weighted by Gasteiger charge is 2.21. The second-order valence-corrected chi connectivity index (χ2v) is 7.57. The maximum Gasteiger partial charge on any atom is 0.259 e. The molecular weight excluding hydrogens is 342 g/mol. The van der Waals surface area contributed by atoms with Crippen molar-refractivity contribution < 1.29 is 4.79 Å². The fraction of sp³-hybridized carbons (Fsp3) is 0.438. The molecule has 0 radical (unpaired) electrons. The zero-order chi connectivity index (χ0) is 17.1. The molecule has 6 nitrogen and oxygen atoms in total. The van der Waals surface area contributed by atoms with Crippen LogP contribution in [0.4, 0.5) is 5.82 Å². The molecule has 1 atom stereocenters. The van der Waals surface area contributed by atoms with Gasteiger partial charge < -0.3 is 15.2 Å². The number of rotatable bonds is 5. The molecule has 0 aromatic carbocycles. The lowest BCUT2D eigenvalue weighted by molar-refractivity contribution is -0.116. The van der Waals surface area contributed by atoms with Gasteiger partial charge in [-0.15, -0.1) is 11.8 Å². The summed E-state index contributed by atoms with van der Waals surface area (Å²) >= 11 is 5.99. The minimum Gasteiger partial charge on any atom is -0.350 e. The highest BCUT2D eigenvalue weighted by molar-refractivity contribution is 8.04. The molecule has 0 saturated heterocycles. The van der Waals surface area contributed by atoms with E-state index < -0.39 is 0 Å². The Morgan fingerprint density at radius 2 is 2.38 bits per heavy atom. The number of amides is 1. The summed E-state index contributed by atoms with van der Waals surface area (Å²) in [6, 6.07) is 0. The molecule has 1 amide bonds. The third-order valence-corrected chi connectivity index (χ3v) is 5.51. The van der Waals surface area contributed by atoms with E-state index in [0.717, 1.165) is 41.1 Å². The Bertz CT molecular complexity index is 773. The zero-order valence-corrected chi connectivity index (χ0v) is 15.5. The molecule has 0 aliphatic carbocycles. The first-order chi connectivity index (χ1) is 11.6. The van der Waals surface area contributed by atoms with E-state index in [2.05, 4.69) is 39.8 Å². The van der Waals surface area contributed by atoms with Crippen molar-refractivity contribution in [3.63, 3.8) is 0 Å². The fourth-order valence-electron chi connectivity index (χ4n) is 2.55. The standard InChI is InChI=1S/C16H21N5OS2/c1-3-11(23)7-18-16(22)12-8-21(4-5-24-12)15-13-10(2)6-17-14(13)19-9-20-15/h6,8-9,11,23H,3-5,7H2,1-2H3,(H,18,22)(H,17,19,20). The Kier molecular flexibility index (Phi) is 5.35. The number of aromatic amines is 1. The van der Waals surface area contributed by atoms with Crippen LogP contribution in [-0.2, 0) is 4.79 Å². The minimum atomic E-state index is -0.0479. The van der Waals surface area contributed by atoms with Gasteiger partial charge >= 0.3 is 0 Å². The fourth-order valence-corrected chi connectivity index (χ4v) is 3.55. The van der Waals surface area contributed by atoms with Gasteiger partial charge in [-0.1, -0.05) is 6.92 Å². The minimum absolute atomic E-state index is 0.0479. The maximum absolute atomic E-state index is 12.4. The van der Waals surface area contributed by atoms with Crippen LogP contribution in [0.25, 0.3) is 11.0 Å². The van der Waals surface area contributed by atoms with E-state index in [-0.39, 0.29) is 11.2 Å². The summed E-state index contributed by atoms with van der Waals surface area (Å²) in [6.45, 7) is 5.46. The van der Waals surface area contributed by atoms with Crippen molar-refractivity contribution in [1.82, 2.24) is 20.3 Å². The first-order valence-corrected chi connectivity index (χ1v) is 9.46. The van der Waals surface area contributed by atoms with Crippen LogP contribution in [0.2, 0.25) is 0 Å². The highest BCUT2D eigenvalue weighted by atomic mass is 32.2. The molecule has 3 rings (SSSR count). The Balaban J connectivity index is 1.83. The number of carbonyl (C=O) groups is 1. The lowest BCUT2D eigenvalue weighted by atomic mass is 10.2. The van der Waals surface area contributed by atoms with Crippen molar-refractivity contribution in [2.45, 2.75) is 25.5 Å². The molecule has 2 N–H and O–H groups in total. The number of anilines is 1. The zero-order valence-electron chi connectivity index (χ0n) is 13.7. The van der Waals surface area contributed by atoms with Gasteiger partial charge in [0.2, 0.25) is 0 Å². The predicted molar refractivity (Wildman–Crippen MR) is 103 cm³/mol. The molecule has 0 saturated carbocycles. The highest BCUT2D eigenvalue weighted by Crippen LogP contribution is 2.30. The largest absolute Gasteiger partial charge is 0.350 e. The predicted octanol–water partition coefficient (Wildman–Crippen LogP) is 2.49. The Morgan fingerprint density at radius 3 is 3.17 bits per heavy atom. The van der Waals surface area contributed by atoms with Gasteiger partial charge in [-0.05, 0) is 18.9 Å². The summed E-state index contributed by atoms with van der Waals surface area (Å²) in [6.07, 6.45) is 6.29. The molecule has 24 heavy (non-hydrogen) atoms. The van der Waals surface area contributed by atoms with Gasteiger partial charge in [-0.25, -0.2) is 9.97 Å². The van der Waals surface area contributed by atoms with Gasteiger partial charge in [-0.2, -0.15) is 12.6 Å². The van der Waals surface area contributed by atoms with Gasteiger partial charge in [0.15, 0.2) is 0 Å². The van der Waals surface area contributed by atoms with Crippen molar-refractivity contribution in [2.24, 2.45) is 0 Å². The van der Waals surface area contributed by atoms with Gasteiger partial charge in [-0.3, -0.25) is 4.79 Å². The number of fused-ring (bicyclic) bond motifs is 1. The van der Waals surface area contributed by atoms with Crippen molar-refractivity contribution in [1.29, 1.82) is 0 Å². The summed E-state index contributed by atoms with van der Waals surface area (Å²) in [7, 11) is 0. The molecule has 0 bridgehead atoms. The van der Waals surface area contributed by atoms with Crippen molar-refractivity contribution in [2.75, 3.05) is 23.7 Å². The average Bonchev–Trinajstić information content (AvgIpc) is 3.00. The summed E-state index contributed by atoms with van der Waals surface area (Å²) in [5, 5.41) is 4.13. The topological polar surface area (TPSA) is 73.9 Å². The van der Waals surface area contributed by atoms with E-state index in [4.69, 9.17) is 0 Å². The quantitative estimate of drug-likeness (QED) is 0.712. The average molecular weight is 364 g/mol. The number of hydrogen-bond donors (Lipinski definition) is 3. The van der Waals surface area contributed by atoms with E-state index in [0.29, 0.717) is 11.4 Å². The molecule has 1 unspecified atom stereocenters. The lowest BCUT2D eigenvalue weighted by Gasteiger charge is -2.25. The van der Waals surface area contributed by atoms with Crippen LogP contribution in [0.15, 0.2) is 23.6 Å². The second kappa shape index (κ2) is 7.48. The molecule has 3 heterocycles. The van der Waals surface area contributed by atoms with Crippen LogP contribution in [0.5, 0.6) is 0 Å². The summed E-state index contributed by atoms with van der Waals surface area (Å²) in [5.74, 6) is 1.63. The number of thiol groups is 1. The van der Waals surface area contributed by atoms with E-state index in [9.17, 15) is 4.79 Å². The lowest BCUT2D eigenvalue weighted by Crippen LogP contribution is -2.33. The summed E-state index contributed by atoms with van der Waals surface area (Å²) < 4.78 is 0. The molecular formula is C16H21N5OS2. The van der Waals surface area contributed by atoms with Crippen molar-refractivity contribution in [3.05, 3.63) is 29.2 Å². The SMILES string of the molecule is CCC(S)CNC(=O)C1=CN(c2ncnc3[nH]cc(C)c23)CCS1. The number of nitrogens with zero attached hydrogens (tertiary/aromatic N) is 3. The summed E-state index contributed by atoms with van der Waals surface area (Å²) in [4.78, 5) is 27.0. The number of hydrogen-bond acceptors (Lipinski definition) is 6. The Labute approximate surface area is 150 Å². The van der Waals surface area contributed by atoms with E-state index in [1.54, 1.807) is 18.1 Å². The molecule has 2 aromatic heterocycles. The maximum atomic E-state index is 12.4. The number of carbonyl (C=O) groups excluding carboxylic acids is 1. The third-order valence-electron chi connectivity index (χ3n) is 3.98. The van der Waals surface area contributed by atoms with Crippen molar-refractivity contribution >= 4 is 47.1 Å². The molecule has 0 fully saturated rings. The molecule has 2 aromatic rings. The Hall–Kier alpha value is -1.67. The van der Waals surface area contributed by atoms with Gasteiger partial charge in [0, 0.05) is 36.5 Å². The number of H-pyrrole nitrogens is 1. The van der Waals surface area contributed by atoms with E-state index in [1.807, 2.05) is 24.2 Å². The monoisotopic (exact) mass is 363 g/mol. The number of thioether (sulfide) groups is 1. The number of aromatic nitrogens is 3. The number of aryl methyl sites for hydroxylation is 1.